The van der Waals surface area contributed by atoms with Crippen LogP contribution < -0.4 is 11.3 Å². The Bertz CT molecular complexity index is 469. The second kappa shape index (κ2) is 3.06. The summed E-state index contributed by atoms with van der Waals surface area (Å²) in [5.41, 5.74) is 7.29. The van der Waals surface area contributed by atoms with Crippen molar-refractivity contribution in [1.29, 1.82) is 0 Å². The van der Waals surface area contributed by atoms with Crippen LogP contribution in [0.5, 0.6) is 0 Å². The maximum atomic E-state index is 11.0. The fourth-order valence-corrected chi connectivity index (χ4v) is 1.46. The molecule has 2 heterocycles. The van der Waals surface area contributed by atoms with Gasteiger partial charge < -0.3 is 15.7 Å². The van der Waals surface area contributed by atoms with Crippen LogP contribution in [-0.2, 0) is 6.42 Å². The number of H-pyrrole nitrogens is 2. The van der Waals surface area contributed by atoms with Gasteiger partial charge in [0.1, 0.15) is 5.65 Å². The van der Waals surface area contributed by atoms with Gasteiger partial charge in [0.05, 0.1) is 0 Å². The molecule has 0 saturated heterocycles. The minimum Gasteiger partial charge on any atom is -0.347 e. The van der Waals surface area contributed by atoms with Crippen molar-refractivity contribution in [2.75, 3.05) is 6.54 Å². The second-order valence-corrected chi connectivity index (χ2v) is 2.96. The van der Waals surface area contributed by atoms with E-state index in [9.17, 15) is 4.79 Å². The number of hydrogen-bond acceptors (Lipinski definition) is 2. The number of nitrogens with two attached hydrogens (primary N) is 1. The van der Waals surface area contributed by atoms with Crippen LogP contribution in [-0.4, -0.2) is 16.5 Å². The molecule has 0 bridgehead atoms. The summed E-state index contributed by atoms with van der Waals surface area (Å²) in [5, 5.41) is 1.05. The number of nitrogens with one attached hydrogen (secondary N) is 2. The van der Waals surface area contributed by atoms with Gasteiger partial charge in [0.2, 0.25) is 5.56 Å². The maximum absolute atomic E-state index is 11.0. The van der Waals surface area contributed by atoms with Crippen molar-refractivity contribution in [2.24, 2.45) is 5.73 Å². The van der Waals surface area contributed by atoms with Crippen molar-refractivity contribution in [3.8, 4) is 0 Å². The fourth-order valence-electron chi connectivity index (χ4n) is 1.46. The van der Waals surface area contributed by atoms with Crippen molar-refractivity contribution >= 4 is 11.0 Å². The largest absolute Gasteiger partial charge is 0.347 e. The first kappa shape index (κ1) is 8.07. The Kier molecular flexibility index (Phi) is 1.90. The van der Waals surface area contributed by atoms with E-state index < -0.39 is 0 Å². The molecule has 4 N–H and O–H groups in total. The molecule has 0 aliphatic rings. The third-order valence-electron chi connectivity index (χ3n) is 2.07. The first-order chi connectivity index (χ1) is 6.31. The highest BCUT2D eigenvalue weighted by Crippen LogP contribution is 2.14. The Labute approximate surface area is 74.8 Å². The molecule has 0 aliphatic carbocycles. The highest BCUT2D eigenvalue weighted by molar-refractivity contribution is 5.79. The summed E-state index contributed by atoms with van der Waals surface area (Å²) in [5.74, 6) is 0. The van der Waals surface area contributed by atoms with Crippen LogP contribution >= 0.6 is 0 Å². The predicted octanol–water partition coefficient (Wildman–Crippen LogP) is 0.357. The zero-order chi connectivity index (χ0) is 9.26. The SMILES string of the molecule is NCCc1c[nH]c2[nH]c(=O)ccc12. The number of fused-ring (bicyclic) bond motifs is 1. The molecule has 2 aromatic heterocycles. The molecule has 0 spiro atoms. The normalized spacial score (nSPS) is 10.8. The Morgan fingerprint density at radius 2 is 2.23 bits per heavy atom. The van der Waals surface area contributed by atoms with Crippen LogP contribution in [0.2, 0.25) is 0 Å². The van der Waals surface area contributed by atoms with Crippen LogP contribution in [0, 0.1) is 0 Å². The standard InChI is InChI=1S/C9H11N3O/c10-4-3-6-5-11-9-7(6)1-2-8(13)12-9/h1-2,5H,3-4,10H2,(H2,11,12,13). The summed E-state index contributed by atoms with van der Waals surface area (Å²) in [7, 11) is 0. The molecule has 13 heavy (non-hydrogen) atoms. The van der Waals surface area contributed by atoms with Gasteiger partial charge in [-0.1, -0.05) is 0 Å². The van der Waals surface area contributed by atoms with E-state index in [2.05, 4.69) is 9.97 Å². The Morgan fingerprint density at radius 3 is 3.00 bits per heavy atom. The van der Waals surface area contributed by atoms with Gasteiger partial charge in [0.25, 0.3) is 0 Å². The Balaban J connectivity index is 2.62. The predicted molar refractivity (Wildman–Crippen MR) is 51.7 cm³/mol. The molecule has 0 saturated carbocycles. The van der Waals surface area contributed by atoms with Crippen molar-refractivity contribution in [3.63, 3.8) is 0 Å². The number of aromatic amines is 2. The molecule has 2 rings (SSSR count). The van der Waals surface area contributed by atoms with Crippen molar-refractivity contribution in [2.45, 2.75) is 6.42 Å². The molecule has 0 atom stereocenters. The van der Waals surface area contributed by atoms with Gasteiger partial charge in [-0.05, 0) is 24.6 Å². The van der Waals surface area contributed by atoms with E-state index in [4.69, 9.17) is 5.73 Å². The maximum Gasteiger partial charge on any atom is 0.249 e. The lowest BCUT2D eigenvalue weighted by molar-refractivity contribution is 0.976. The van der Waals surface area contributed by atoms with Gasteiger partial charge in [-0.25, -0.2) is 0 Å². The van der Waals surface area contributed by atoms with Crippen molar-refractivity contribution in [3.05, 3.63) is 34.2 Å². The zero-order valence-corrected chi connectivity index (χ0v) is 7.13. The van der Waals surface area contributed by atoms with Gasteiger partial charge in [0.15, 0.2) is 0 Å². The number of hydrogen-bond donors (Lipinski definition) is 3. The molecule has 0 fully saturated rings. The number of pyridine rings is 1. The fraction of sp³-hybridized carbons (Fsp3) is 0.222. The molecule has 0 radical (unpaired) electrons. The van der Waals surface area contributed by atoms with E-state index in [-0.39, 0.29) is 5.56 Å². The van der Waals surface area contributed by atoms with Crippen LogP contribution in [0.1, 0.15) is 5.56 Å². The van der Waals surface area contributed by atoms with Crippen molar-refractivity contribution in [1.82, 2.24) is 9.97 Å². The van der Waals surface area contributed by atoms with E-state index in [1.807, 2.05) is 12.3 Å². The van der Waals surface area contributed by atoms with Crippen LogP contribution in [0.25, 0.3) is 11.0 Å². The molecule has 4 nitrogen and oxygen atoms in total. The number of aromatic nitrogens is 2. The average Bonchev–Trinajstić information content (AvgIpc) is 2.49. The number of rotatable bonds is 2. The third kappa shape index (κ3) is 1.36. The zero-order valence-electron chi connectivity index (χ0n) is 7.13. The highest BCUT2D eigenvalue weighted by Gasteiger charge is 2.02. The molecule has 2 aromatic rings. The lowest BCUT2D eigenvalue weighted by atomic mass is 10.1. The van der Waals surface area contributed by atoms with Gasteiger partial charge in [-0.3, -0.25) is 4.79 Å². The molecule has 0 aliphatic heterocycles. The topological polar surface area (TPSA) is 74.7 Å². The minimum atomic E-state index is -0.0892. The van der Waals surface area contributed by atoms with Crippen LogP contribution in [0.3, 0.4) is 0 Å². The first-order valence-electron chi connectivity index (χ1n) is 4.20. The second-order valence-electron chi connectivity index (χ2n) is 2.96. The summed E-state index contributed by atoms with van der Waals surface area (Å²) >= 11 is 0. The average molecular weight is 177 g/mol. The quantitative estimate of drug-likeness (QED) is 0.619. The van der Waals surface area contributed by atoms with Gasteiger partial charge in [0, 0.05) is 17.6 Å². The highest BCUT2D eigenvalue weighted by atomic mass is 16.1. The molecule has 0 amide bonds. The molecule has 4 heteroatoms. The smallest absolute Gasteiger partial charge is 0.249 e. The van der Waals surface area contributed by atoms with Crippen LogP contribution in [0.4, 0.5) is 0 Å². The summed E-state index contributed by atoms with van der Waals surface area (Å²) in [6, 6.07) is 3.34. The van der Waals surface area contributed by atoms with E-state index in [0.29, 0.717) is 6.54 Å². The molecule has 0 unspecified atom stereocenters. The molecular weight excluding hydrogens is 166 g/mol. The lowest BCUT2D eigenvalue weighted by Crippen LogP contribution is -2.04. The first-order valence-corrected chi connectivity index (χ1v) is 4.20. The minimum absolute atomic E-state index is 0.0892. The van der Waals surface area contributed by atoms with E-state index in [0.717, 1.165) is 23.0 Å². The monoisotopic (exact) mass is 177 g/mol. The van der Waals surface area contributed by atoms with E-state index in [1.165, 1.54) is 6.07 Å². The van der Waals surface area contributed by atoms with Gasteiger partial charge >= 0.3 is 0 Å². The Morgan fingerprint density at radius 1 is 1.38 bits per heavy atom. The molecular formula is C9H11N3O. The van der Waals surface area contributed by atoms with Gasteiger partial charge in [-0.15, -0.1) is 0 Å². The summed E-state index contributed by atoms with van der Waals surface area (Å²) in [6.07, 6.45) is 2.71. The van der Waals surface area contributed by atoms with E-state index in [1.54, 1.807) is 0 Å². The summed E-state index contributed by atoms with van der Waals surface area (Å²) in [4.78, 5) is 16.7. The van der Waals surface area contributed by atoms with Gasteiger partial charge in [-0.2, -0.15) is 0 Å². The lowest BCUT2D eigenvalue weighted by Gasteiger charge is -1.93. The molecule has 68 valence electrons. The third-order valence-corrected chi connectivity index (χ3v) is 2.07. The summed E-state index contributed by atoms with van der Waals surface area (Å²) < 4.78 is 0. The Hall–Kier alpha value is -1.55. The van der Waals surface area contributed by atoms with Crippen LogP contribution in [0.15, 0.2) is 23.1 Å². The molecule has 0 aromatic carbocycles. The summed E-state index contributed by atoms with van der Waals surface area (Å²) in [6.45, 7) is 0.617. The van der Waals surface area contributed by atoms with E-state index >= 15 is 0 Å². The van der Waals surface area contributed by atoms with Crippen molar-refractivity contribution < 1.29 is 0 Å².